The van der Waals surface area contributed by atoms with E-state index in [1.165, 1.54) is 0 Å². The van der Waals surface area contributed by atoms with E-state index in [0.717, 1.165) is 0 Å². The molecule has 0 radical (unpaired) electrons. The molecule has 1 fully saturated rings. The molecule has 0 aliphatic carbocycles. The molecule has 1 aliphatic rings. The van der Waals surface area contributed by atoms with E-state index in [9.17, 15) is 39.0 Å². The van der Waals surface area contributed by atoms with Crippen LogP contribution in [-0.2, 0) is 47.7 Å². The van der Waals surface area contributed by atoms with E-state index in [0.29, 0.717) is 0 Å². The van der Waals surface area contributed by atoms with Crippen LogP contribution in [0.1, 0.15) is 109 Å². The second kappa shape index (κ2) is 21.1. The van der Waals surface area contributed by atoms with Crippen LogP contribution in [0.3, 0.4) is 0 Å². The number of ether oxygens (including phenoxy) is 4. The van der Waals surface area contributed by atoms with Gasteiger partial charge in [-0.05, 0) is 95.9 Å². The van der Waals surface area contributed by atoms with E-state index in [2.05, 4.69) is 0 Å². The molecule has 1 rings (SSSR count). The molecule has 2 N–H and O–H groups in total. The summed E-state index contributed by atoms with van der Waals surface area (Å²) in [4.78, 5) is 84.3. The molecule has 0 amide bonds. The Labute approximate surface area is 321 Å². The average Bonchev–Trinajstić information content (AvgIpc) is 2.93. The first kappa shape index (κ1) is 48.7. The Bertz CT molecular complexity index is 1150. The van der Waals surface area contributed by atoms with E-state index < -0.39 is 70.3 Å². The van der Waals surface area contributed by atoms with Crippen molar-refractivity contribution in [2.75, 3.05) is 65.4 Å². The van der Waals surface area contributed by atoms with Crippen molar-refractivity contribution in [1.29, 1.82) is 0 Å². The number of carbonyl (C=O) groups is 6. The summed E-state index contributed by atoms with van der Waals surface area (Å²) in [5.41, 5.74) is -3.19. The average molecular weight is 773 g/mol. The van der Waals surface area contributed by atoms with Crippen molar-refractivity contribution in [1.82, 2.24) is 19.6 Å². The van der Waals surface area contributed by atoms with Crippen LogP contribution in [0.5, 0.6) is 0 Å². The summed E-state index contributed by atoms with van der Waals surface area (Å²) in [7, 11) is 0. The Morgan fingerprint density at radius 3 is 0.944 bits per heavy atom. The number of carboxylic acids is 2. The van der Waals surface area contributed by atoms with Gasteiger partial charge in [0, 0.05) is 65.2 Å². The van der Waals surface area contributed by atoms with Gasteiger partial charge in [-0.15, -0.1) is 0 Å². The smallest absolute Gasteiger partial charge is 0.323 e. The molecule has 2 atom stereocenters. The van der Waals surface area contributed by atoms with Crippen molar-refractivity contribution in [2.45, 2.75) is 143 Å². The van der Waals surface area contributed by atoms with Gasteiger partial charge in [0.25, 0.3) is 0 Å². The second-order valence-electron chi connectivity index (χ2n) is 17.8. The normalized spacial score (nSPS) is 18.0. The largest absolute Gasteiger partial charge is 0.481 e. The molecule has 0 bridgehead atoms. The molecule has 16 nitrogen and oxygen atoms in total. The number of hydrogen-bond acceptors (Lipinski definition) is 14. The van der Waals surface area contributed by atoms with Gasteiger partial charge in [0.05, 0.1) is 13.1 Å². The summed E-state index contributed by atoms with van der Waals surface area (Å²) in [5.74, 6) is -4.28. The predicted molar refractivity (Wildman–Crippen MR) is 201 cm³/mol. The molecule has 0 unspecified atom stereocenters. The lowest BCUT2D eigenvalue weighted by atomic mass is 10.1. The SMILES string of the molecule is CC(C)(C)OC(=O)CN1CCN([C@@H](CCC(=O)O)C(=O)OC(C)(C)C)CCN(CC(=O)OC(C)(C)C)CCN([C@@H](CCC(=O)O)C(=O)OC(C)(C)C)CC1. The van der Waals surface area contributed by atoms with Gasteiger partial charge in [0.2, 0.25) is 0 Å². The molecular formula is C38H68N4O12. The van der Waals surface area contributed by atoms with Gasteiger partial charge in [-0.3, -0.25) is 48.4 Å². The Hall–Kier alpha value is -3.34. The highest BCUT2D eigenvalue weighted by Gasteiger charge is 2.35. The maximum Gasteiger partial charge on any atom is 0.323 e. The Morgan fingerprint density at radius 1 is 0.463 bits per heavy atom. The van der Waals surface area contributed by atoms with Crippen LogP contribution in [0.25, 0.3) is 0 Å². The van der Waals surface area contributed by atoms with Gasteiger partial charge in [0.15, 0.2) is 0 Å². The fraction of sp³-hybridized carbons (Fsp3) is 0.842. The summed E-state index contributed by atoms with van der Waals surface area (Å²) in [5, 5.41) is 19.1. The Kier molecular flexibility index (Phi) is 19.0. The third kappa shape index (κ3) is 22.1. The maximum absolute atomic E-state index is 13.6. The Morgan fingerprint density at radius 2 is 0.722 bits per heavy atom. The third-order valence-electron chi connectivity index (χ3n) is 7.86. The Balaban J connectivity index is 3.74. The standard InChI is InChI=1S/C38H68N4O12/c1-35(2,3)51-31(47)25-39-17-21-41(27(13-15-29(43)44)33(49)53-37(7,8)9)23-19-40(26-32(48)52-36(4,5)6)20-24-42(22-18-39)28(14-16-30(45)46)34(50)54-38(10,11)12/h27-28H,13-26H2,1-12H3,(H,43,44)(H,45,46)/t27-,28-/m0/s1. The summed E-state index contributed by atoms with van der Waals surface area (Å²) in [6.07, 6.45) is -0.642. The van der Waals surface area contributed by atoms with E-state index in [-0.39, 0.29) is 91.1 Å². The van der Waals surface area contributed by atoms with Crippen molar-refractivity contribution in [3.05, 3.63) is 0 Å². The minimum absolute atomic E-state index is 0.0305. The lowest BCUT2D eigenvalue weighted by molar-refractivity contribution is -0.164. The highest BCUT2D eigenvalue weighted by atomic mass is 16.6. The first-order valence-electron chi connectivity index (χ1n) is 18.8. The zero-order valence-corrected chi connectivity index (χ0v) is 34.8. The van der Waals surface area contributed by atoms with Gasteiger partial charge in [-0.2, -0.15) is 0 Å². The molecule has 54 heavy (non-hydrogen) atoms. The van der Waals surface area contributed by atoms with Gasteiger partial charge >= 0.3 is 35.8 Å². The number of hydrogen-bond donors (Lipinski definition) is 2. The molecule has 1 aliphatic heterocycles. The van der Waals surface area contributed by atoms with Crippen molar-refractivity contribution >= 4 is 35.8 Å². The quantitative estimate of drug-likeness (QED) is 0.193. The van der Waals surface area contributed by atoms with E-state index >= 15 is 0 Å². The fourth-order valence-corrected chi connectivity index (χ4v) is 5.74. The van der Waals surface area contributed by atoms with Crippen molar-refractivity contribution in [3.8, 4) is 0 Å². The number of carbonyl (C=O) groups excluding carboxylic acids is 4. The zero-order chi connectivity index (χ0) is 41.7. The van der Waals surface area contributed by atoms with Crippen LogP contribution < -0.4 is 0 Å². The van der Waals surface area contributed by atoms with Crippen LogP contribution in [0.15, 0.2) is 0 Å². The molecule has 0 spiro atoms. The summed E-state index contributed by atoms with van der Waals surface area (Å²) in [6.45, 7) is 22.5. The molecule has 0 saturated carbocycles. The van der Waals surface area contributed by atoms with E-state index in [1.54, 1.807) is 83.1 Å². The number of nitrogens with zero attached hydrogens (tertiary/aromatic N) is 4. The topological polar surface area (TPSA) is 193 Å². The molecule has 16 heteroatoms. The van der Waals surface area contributed by atoms with Crippen LogP contribution in [0, 0.1) is 0 Å². The van der Waals surface area contributed by atoms with Crippen molar-refractivity contribution in [2.24, 2.45) is 0 Å². The third-order valence-corrected chi connectivity index (χ3v) is 7.86. The molecule has 312 valence electrons. The molecule has 0 aromatic carbocycles. The highest BCUT2D eigenvalue weighted by molar-refractivity contribution is 5.78. The minimum atomic E-state index is -1.07. The lowest BCUT2D eigenvalue weighted by Crippen LogP contribution is -2.54. The monoisotopic (exact) mass is 772 g/mol. The molecule has 1 heterocycles. The molecule has 0 aromatic heterocycles. The van der Waals surface area contributed by atoms with Gasteiger partial charge in [0.1, 0.15) is 34.5 Å². The molecule has 1 saturated heterocycles. The first-order chi connectivity index (χ1) is 24.5. The molecular weight excluding hydrogens is 704 g/mol. The summed E-state index contributed by atoms with van der Waals surface area (Å²) in [6, 6.07) is -1.89. The van der Waals surface area contributed by atoms with Crippen LogP contribution in [-0.4, -0.2) is 166 Å². The number of aliphatic carboxylic acids is 2. The fourth-order valence-electron chi connectivity index (χ4n) is 5.74. The van der Waals surface area contributed by atoms with Crippen LogP contribution >= 0.6 is 0 Å². The maximum atomic E-state index is 13.6. The first-order valence-corrected chi connectivity index (χ1v) is 18.8. The number of rotatable bonds is 14. The van der Waals surface area contributed by atoms with E-state index in [1.807, 2.05) is 19.6 Å². The van der Waals surface area contributed by atoms with Gasteiger partial charge in [-0.1, -0.05) is 0 Å². The lowest BCUT2D eigenvalue weighted by Gasteiger charge is -2.38. The zero-order valence-electron chi connectivity index (χ0n) is 34.8. The predicted octanol–water partition coefficient (Wildman–Crippen LogP) is 3.04. The van der Waals surface area contributed by atoms with Gasteiger partial charge < -0.3 is 29.2 Å². The molecule has 0 aromatic rings. The minimum Gasteiger partial charge on any atom is -0.481 e. The van der Waals surface area contributed by atoms with Crippen molar-refractivity contribution in [3.63, 3.8) is 0 Å². The van der Waals surface area contributed by atoms with E-state index in [4.69, 9.17) is 18.9 Å². The van der Waals surface area contributed by atoms with Gasteiger partial charge in [-0.25, -0.2) is 0 Å². The number of carboxylic acid groups (broad SMARTS) is 2. The van der Waals surface area contributed by atoms with Crippen LogP contribution in [0.4, 0.5) is 0 Å². The number of esters is 4. The van der Waals surface area contributed by atoms with Crippen LogP contribution in [0.2, 0.25) is 0 Å². The second-order valence-corrected chi connectivity index (χ2v) is 17.8. The summed E-state index contributed by atoms with van der Waals surface area (Å²) >= 11 is 0. The summed E-state index contributed by atoms with van der Waals surface area (Å²) < 4.78 is 22.7. The van der Waals surface area contributed by atoms with Crippen molar-refractivity contribution < 1.29 is 57.9 Å². The highest BCUT2D eigenvalue weighted by Crippen LogP contribution is 2.19.